The number of H-pyrrole nitrogens is 1. The van der Waals surface area contributed by atoms with E-state index < -0.39 is 0 Å². The minimum Gasteiger partial charge on any atom is -0.391 e. The Balaban J connectivity index is 1.52. The summed E-state index contributed by atoms with van der Waals surface area (Å²) in [7, 11) is 1.65. The van der Waals surface area contributed by atoms with Gasteiger partial charge in [-0.3, -0.25) is 10.00 Å². The topological polar surface area (TPSA) is 100 Å². The van der Waals surface area contributed by atoms with Gasteiger partial charge in [-0.15, -0.1) is 0 Å². The number of β-amino-alcohol motifs (C(OH)–C–C–N with tert-alkyl or cyclic N) is 1. The molecule has 0 aliphatic carbocycles. The van der Waals surface area contributed by atoms with E-state index >= 15 is 0 Å². The summed E-state index contributed by atoms with van der Waals surface area (Å²) >= 11 is 0. The number of nitrogens with one attached hydrogen (secondary N) is 1. The van der Waals surface area contributed by atoms with Gasteiger partial charge >= 0.3 is 0 Å². The zero-order valence-corrected chi connectivity index (χ0v) is 13.5. The maximum Gasteiger partial charge on any atom is 0.240 e. The molecule has 3 rings (SSSR count). The number of nitrogens with zero attached hydrogens (tertiary/aromatic N) is 4. The minimum atomic E-state index is -0.358. The van der Waals surface area contributed by atoms with Crippen LogP contribution >= 0.6 is 0 Å². The number of rotatable bonds is 7. The molecule has 0 unspecified atom stereocenters. The van der Waals surface area contributed by atoms with Crippen LogP contribution in [0.1, 0.15) is 23.1 Å². The van der Waals surface area contributed by atoms with E-state index in [0.29, 0.717) is 37.8 Å². The normalized spacial score (nSPS) is 22.0. The number of ether oxygens (including phenoxy) is 1. The number of likely N-dealkylation sites (tertiary alicyclic amines) is 1. The summed E-state index contributed by atoms with van der Waals surface area (Å²) in [5.74, 6) is 1.42. The molecule has 8 nitrogen and oxygen atoms in total. The van der Waals surface area contributed by atoms with Crippen LogP contribution in [0.25, 0.3) is 0 Å². The van der Waals surface area contributed by atoms with E-state index in [4.69, 9.17) is 9.26 Å². The predicted octanol–water partition coefficient (Wildman–Crippen LogP) is 0.325. The highest BCUT2D eigenvalue weighted by atomic mass is 16.5. The molecule has 1 fully saturated rings. The molecule has 2 aromatic heterocycles. The van der Waals surface area contributed by atoms with Crippen molar-refractivity contribution in [3.8, 4) is 0 Å². The molecule has 0 amide bonds. The van der Waals surface area contributed by atoms with Gasteiger partial charge in [0.2, 0.25) is 5.89 Å². The van der Waals surface area contributed by atoms with Crippen molar-refractivity contribution in [1.82, 2.24) is 25.2 Å². The standard InChI is InChI=1S/C15H23N5O3/c1-10-5-12(18-17-10)6-11-7-20(8-13(11)21)9-15-16-14(19-23-15)3-4-22-2/h5,11,13,21H,3-4,6-9H2,1-2H3,(H,17,18)/t11-,13+/m1/s1. The van der Waals surface area contributed by atoms with E-state index in [1.165, 1.54) is 0 Å². The molecule has 2 aromatic rings. The summed E-state index contributed by atoms with van der Waals surface area (Å²) in [5.41, 5.74) is 2.03. The van der Waals surface area contributed by atoms with E-state index in [0.717, 1.165) is 24.4 Å². The lowest BCUT2D eigenvalue weighted by Gasteiger charge is -2.12. The molecule has 2 atom stereocenters. The first-order chi connectivity index (χ1) is 11.1. The summed E-state index contributed by atoms with van der Waals surface area (Å²) in [6.07, 6.45) is 1.05. The number of aromatic amines is 1. The van der Waals surface area contributed by atoms with Crippen LogP contribution in [0.15, 0.2) is 10.6 Å². The molecule has 1 aliphatic heterocycles. The van der Waals surface area contributed by atoms with Gasteiger partial charge in [0.15, 0.2) is 5.82 Å². The van der Waals surface area contributed by atoms with Gasteiger partial charge in [-0.1, -0.05) is 5.16 Å². The van der Waals surface area contributed by atoms with Gasteiger partial charge in [0.1, 0.15) is 0 Å². The molecule has 3 heterocycles. The molecule has 1 saturated heterocycles. The first kappa shape index (κ1) is 16.1. The van der Waals surface area contributed by atoms with Gasteiger partial charge in [-0.25, -0.2) is 0 Å². The van der Waals surface area contributed by atoms with Crippen molar-refractivity contribution >= 4 is 0 Å². The average molecular weight is 321 g/mol. The van der Waals surface area contributed by atoms with Gasteiger partial charge in [0.05, 0.1) is 24.9 Å². The molecule has 2 N–H and O–H groups in total. The predicted molar refractivity (Wildman–Crippen MR) is 81.7 cm³/mol. The average Bonchev–Trinajstić information content (AvgIpc) is 3.21. The Morgan fingerprint density at radius 1 is 1.48 bits per heavy atom. The van der Waals surface area contributed by atoms with Gasteiger partial charge in [0, 0.05) is 38.2 Å². The van der Waals surface area contributed by atoms with Gasteiger partial charge in [0.25, 0.3) is 0 Å². The van der Waals surface area contributed by atoms with Gasteiger partial charge in [-0.2, -0.15) is 10.1 Å². The fraction of sp³-hybridized carbons (Fsp3) is 0.667. The summed E-state index contributed by atoms with van der Waals surface area (Å²) < 4.78 is 10.3. The second-order valence-corrected chi connectivity index (χ2v) is 6.12. The molecular formula is C15H23N5O3. The van der Waals surface area contributed by atoms with Crippen molar-refractivity contribution in [2.75, 3.05) is 26.8 Å². The zero-order valence-electron chi connectivity index (χ0n) is 13.5. The van der Waals surface area contributed by atoms with E-state index in [1.807, 2.05) is 13.0 Å². The molecule has 23 heavy (non-hydrogen) atoms. The number of hydrogen-bond acceptors (Lipinski definition) is 7. The lowest BCUT2D eigenvalue weighted by atomic mass is 10.0. The molecular weight excluding hydrogens is 298 g/mol. The molecule has 0 radical (unpaired) electrons. The van der Waals surface area contributed by atoms with Crippen LogP contribution in [0.3, 0.4) is 0 Å². The van der Waals surface area contributed by atoms with Crippen molar-refractivity contribution in [3.05, 3.63) is 29.2 Å². The maximum absolute atomic E-state index is 10.3. The minimum absolute atomic E-state index is 0.175. The Morgan fingerprint density at radius 3 is 3.09 bits per heavy atom. The number of aliphatic hydroxyl groups excluding tert-OH is 1. The Hall–Kier alpha value is -1.77. The zero-order chi connectivity index (χ0) is 16.2. The van der Waals surface area contributed by atoms with Crippen LogP contribution in [-0.2, 0) is 24.1 Å². The molecule has 1 aliphatic rings. The van der Waals surface area contributed by atoms with Gasteiger partial charge < -0.3 is 14.4 Å². The highest BCUT2D eigenvalue weighted by Gasteiger charge is 2.32. The summed E-state index contributed by atoms with van der Waals surface area (Å²) in [4.78, 5) is 6.49. The number of aromatic nitrogens is 4. The Bertz CT molecular complexity index is 626. The molecule has 0 aromatic carbocycles. The van der Waals surface area contributed by atoms with Crippen molar-refractivity contribution in [3.63, 3.8) is 0 Å². The largest absolute Gasteiger partial charge is 0.391 e. The van der Waals surface area contributed by atoms with Crippen LogP contribution in [0.2, 0.25) is 0 Å². The fourth-order valence-electron chi connectivity index (χ4n) is 2.96. The fourth-order valence-corrected chi connectivity index (χ4v) is 2.96. The highest BCUT2D eigenvalue weighted by molar-refractivity contribution is 5.08. The second kappa shape index (κ2) is 7.20. The lowest BCUT2D eigenvalue weighted by Crippen LogP contribution is -2.21. The van der Waals surface area contributed by atoms with Crippen molar-refractivity contribution < 1.29 is 14.4 Å². The van der Waals surface area contributed by atoms with E-state index in [-0.39, 0.29) is 12.0 Å². The third-order valence-corrected chi connectivity index (χ3v) is 4.11. The van der Waals surface area contributed by atoms with Crippen molar-refractivity contribution in [2.45, 2.75) is 32.4 Å². The SMILES string of the molecule is COCCc1noc(CN2C[C@@H](Cc3cc(C)[nH]n3)[C@@H](O)C2)n1. The maximum atomic E-state index is 10.3. The summed E-state index contributed by atoms with van der Waals surface area (Å²) in [6.45, 7) is 4.52. The molecule has 0 bridgehead atoms. The highest BCUT2D eigenvalue weighted by Crippen LogP contribution is 2.22. The van der Waals surface area contributed by atoms with E-state index in [1.54, 1.807) is 7.11 Å². The number of aliphatic hydroxyl groups is 1. The van der Waals surface area contributed by atoms with Crippen LogP contribution in [-0.4, -0.2) is 63.3 Å². The number of methoxy groups -OCH3 is 1. The molecule has 126 valence electrons. The first-order valence-electron chi connectivity index (χ1n) is 7.85. The second-order valence-electron chi connectivity index (χ2n) is 6.12. The van der Waals surface area contributed by atoms with E-state index in [9.17, 15) is 5.11 Å². The van der Waals surface area contributed by atoms with E-state index in [2.05, 4.69) is 25.2 Å². The Kier molecular flexibility index (Phi) is 5.04. The Labute approximate surface area is 134 Å². The Morgan fingerprint density at radius 2 is 2.35 bits per heavy atom. The third kappa shape index (κ3) is 4.15. The first-order valence-corrected chi connectivity index (χ1v) is 7.85. The number of aryl methyl sites for hydroxylation is 1. The third-order valence-electron chi connectivity index (χ3n) is 4.11. The number of hydrogen-bond donors (Lipinski definition) is 2. The smallest absolute Gasteiger partial charge is 0.240 e. The van der Waals surface area contributed by atoms with Crippen LogP contribution in [0, 0.1) is 12.8 Å². The summed E-state index contributed by atoms with van der Waals surface area (Å²) in [6, 6.07) is 2.02. The molecule has 0 saturated carbocycles. The quantitative estimate of drug-likeness (QED) is 0.757. The summed E-state index contributed by atoms with van der Waals surface area (Å²) in [5, 5.41) is 21.4. The van der Waals surface area contributed by atoms with Crippen molar-refractivity contribution in [1.29, 1.82) is 0 Å². The molecule has 0 spiro atoms. The van der Waals surface area contributed by atoms with Crippen LogP contribution in [0.5, 0.6) is 0 Å². The monoisotopic (exact) mass is 321 g/mol. The van der Waals surface area contributed by atoms with Crippen molar-refractivity contribution in [2.24, 2.45) is 5.92 Å². The van der Waals surface area contributed by atoms with Crippen LogP contribution in [0.4, 0.5) is 0 Å². The van der Waals surface area contributed by atoms with Crippen LogP contribution < -0.4 is 0 Å². The van der Waals surface area contributed by atoms with Gasteiger partial charge in [-0.05, 0) is 19.4 Å². The molecule has 8 heteroatoms. The lowest BCUT2D eigenvalue weighted by molar-refractivity contribution is 0.139.